The number of carbonyl (C=O) groups excluding carboxylic acids is 1. The van der Waals surface area contributed by atoms with Gasteiger partial charge in [0, 0.05) is 22.5 Å². The highest BCUT2D eigenvalue weighted by Crippen LogP contribution is 2.33. The van der Waals surface area contributed by atoms with E-state index in [0.29, 0.717) is 23.2 Å². The van der Waals surface area contributed by atoms with Gasteiger partial charge in [0.2, 0.25) is 0 Å². The lowest BCUT2D eigenvalue weighted by Gasteiger charge is -2.23. The molecule has 4 nitrogen and oxygen atoms in total. The third-order valence-electron chi connectivity index (χ3n) is 5.24. The average Bonchev–Trinajstić information content (AvgIpc) is 3.01. The van der Waals surface area contributed by atoms with E-state index in [1.807, 2.05) is 34.9 Å². The predicted octanol–water partition coefficient (Wildman–Crippen LogP) is 3.91. The van der Waals surface area contributed by atoms with Gasteiger partial charge in [-0.25, -0.2) is 0 Å². The first-order valence-electron chi connectivity index (χ1n) is 9.00. The summed E-state index contributed by atoms with van der Waals surface area (Å²) < 4.78 is 2.01. The Hall–Kier alpha value is -2.30. The fourth-order valence-electron chi connectivity index (χ4n) is 3.99. The number of hydrogen-bond acceptors (Lipinski definition) is 2. The van der Waals surface area contributed by atoms with Crippen LogP contribution in [0.1, 0.15) is 40.4 Å². The maximum atomic E-state index is 12.1. The Morgan fingerprint density at radius 1 is 1.15 bits per heavy atom. The number of amides is 1. The van der Waals surface area contributed by atoms with Crippen molar-refractivity contribution in [1.29, 1.82) is 0 Å². The predicted molar refractivity (Wildman–Crippen MR) is 106 cm³/mol. The number of fused-ring (bicyclic) bond motifs is 1. The highest BCUT2D eigenvalue weighted by Gasteiger charge is 2.21. The van der Waals surface area contributed by atoms with Gasteiger partial charge in [0.05, 0.1) is 0 Å². The molecule has 26 heavy (non-hydrogen) atoms. The molecule has 0 radical (unpaired) electrons. The molecule has 5 heteroatoms. The van der Waals surface area contributed by atoms with Crippen molar-refractivity contribution in [2.24, 2.45) is 5.73 Å². The number of rotatable bonds is 4. The van der Waals surface area contributed by atoms with Gasteiger partial charge in [-0.2, -0.15) is 0 Å². The normalized spacial score (nSPS) is 15.4. The molecule has 0 aliphatic carbocycles. The monoisotopic (exact) mass is 367 g/mol. The number of nitrogens with zero attached hydrogens (tertiary/aromatic N) is 1. The Labute approximate surface area is 157 Å². The number of aromatic nitrogens is 1. The summed E-state index contributed by atoms with van der Waals surface area (Å²) in [6, 6.07) is 16.0. The van der Waals surface area contributed by atoms with E-state index in [0.717, 1.165) is 42.4 Å². The Balaban J connectivity index is 1.83. The molecule has 1 amide bonds. The van der Waals surface area contributed by atoms with E-state index in [2.05, 4.69) is 23.5 Å². The van der Waals surface area contributed by atoms with Crippen LogP contribution >= 0.6 is 11.6 Å². The van der Waals surface area contributed by atoms with Crippen LogP contribution in [0.5, 0.6) is 0 Å². The van der Waals surface area contributed by atoms with Crippen LogP contribution < -0.4 is 11.1 Å². The lowest BCUT2D eigenvalue weighted by Crippen LogP contribution is -2.26. The number of piperidine rings is 1. The lowest BCUT2D eigenvalue weighted by molar-refractivity contribution is 0.0992. The standard InChI is InChI=1S/C21H22ClN3O/c22-16-4-1-3-14(11-16)13-25-19-6-2-5-17(15-7-9-24-10-8-15)18(19)12-20(25)21(23)26/h1-6,11-12,15,24H,7-10,13H2,(H2,23,26). The Morgan fingerprint density at radius 2 is 1.92 bits per heavy atom. The van der Waals surface area contributed by atoms with Gasteiger partial charge < -0.3 is 15.6 Å². The van der Waals surface area contributed by atoms with Gasteiger partial charge in [-0.15, -0.1) is 0 Å². The largest absolute Gasteiger partial charge is 0.364 e. The average molecular weight is 368 g/mol. The minimum atomic E-state index is -0.403. The van der Waals surface area contributed by atoms with E-state index in [4.69, 9.17) is 17.3 Å². The second-order valence-corrected chi connectivity index (χ2v) is 7.35. The number of hydrogen-bond donors (Lipinski definition) is 2. The van der Waals surface area contributed by atoms with Crippen LogP contribution in [0.25, 0.3) is 10.9 Å². The Bertz CT molecular complexity index is 957. The lowest BCUT2D eigenvalue weighted by atomic mass is 9.88. The number of benzene rings is 2. The fraction of sp³-hybridized carbons (Fsp3) is 0.286. The first-order chi connectivity index (χ1) is 12.6. The zero-order valence-corrected chi connectivity index (χ0v) is 15.3. The maximum absolute atomic E-state index is 12.1. The molecule has 2 aromatic carbocycles. The second kappa shape index (κ2) is 7.14. The quantitative estimate of drug-likeness (QED) is 0.734. The smallest absolute Gasteiger partial charge is 0.265 e. The van der Waals surface area contributed by atoms with Crippen LogP contribution in [-0.2, 0) is 6.54 Å². The third-order valence-corrected chi connectivity index (χ3v) is 5.48. The summed E-state index contributed by atoms with van der Waals surface area (Å²) in [5.74, 6) is 0.113. The number of nitrogens with two attached hydrogens (primary N) is 1. The summed E-state index contributed by atoms with van der Waals surface area (Å²) in [4.78, 5) is 12.1. The summed E-state index contributed by atoms with van der Waals surface area (Å²) in [6.07, 6.45) is 2.23. The van der Waals surface area contributed by atoms with E-state index >= 15 is 0 Å². The third kappa shape index (κ3) is 3.22. The number of primary amides is 1. The molecule has 0 atom stereocenters. The van der Waals surface area contributed by atoms with Gasteiger partial charge in [0.25, 0.3) is 5.91 Å². The van der Waals surface area contributed by atoms with Crippen molar-refractivity contribution >= 4 is 28.4 Å². The topological polar surface area (TPSA) is 60.1 Å². The van der Waals surface area contributed by atoms with E-state index in [-0.39, 0.29) is 0 Å². The molecule has 1 saturated heterocycles. The van der Waals surface area contributed by atoms with Crippen LogP contribution in [-0.4, -0.2) is 23.6 Å². The van der Waals surface area contributed by atoms with Gasteiger partial charge >= 0.3 is 0 Å². The van der Waals surface area contributed by atoms with Gasteiger partial charge in [0.15, 0.2) is 0 Å². The highest BCUT2D eigenvalue weighted by atomic mass is 35.5. The van der Waals surface area contributed by atoms with Crippen molar-refractivity contribution in [1.82, 2.24) is 9.88 Å². The molecule has 1 aliphatic rings. The SMILES string of the molecule is NC(=O)c1cc2c(C3CCNCC3)cccc2n1Cc1cccc(Cl)c1. The zero-order chi connectivity index (χ0) is 18.1. The molecule has 0 unspecified atom stereocenters. The molecule has 1 fully saturated rings. The van der Waals surface area contributed by atoms with Crippen molar-refractivity contribution in [2.75, 3.05) is 13.1 Å². The van der Waals surface area contributed by atoms with Crippen LogP contribution in [0.2, 0.25) is 5.02 Å². The Kier molecular flexibility index (Phi) is 4.70. The van der Waals surface area contributed by atoms with Crippen LogP contribution in [0, 0.1) is 0 Å². The van der Waals surface area contributed by atoms with Crippen molar-refractivity contribution < 1.29 is 4.79 Å². The van der Waals surface area contributed by atoms with E-state index in [1.165, 1.54) is 5.56 Å². The molecule has 0 bridgehead atoms. The molecule has 3 N–H and O–H groups in total. The van der Waals surface area contributed by atoms with E-state index < -0.39 is 5.91 Å². The summed E-state index contributed by atoms with van der Waals surface area (Å²) in [5.41, 5.74) is 9.65. The maximum Gasteiger partial charge on any atom is 0.265 e. The van der Waals surface area contributed by atoms with E-state index in [9.17, 15) is 4.79 Å². The van der Waals surface area contributed by atoms with Crippen LogP contribution in [0.4, 0.5) is 0 Å². The molecular weight excluding hydrogens is 346 g/mol. The van der Waals surface area contributed by atoms with Crippen molar-refractivity contribution in [2.45, 2.75) is 25.3 Å². The van der Waals surface area contributed by atoms with Gasteiger partial charge in [-0.3, -0.25) is 4.79 Å². The van der Waals surface area contributed by atoms with Crippen LogP contribution in [0.3, 0.4) is 0 Å². The van der Waals surface area contributed by atoms with Gasteiger partial charge in [-0.05, 0) is 67.2 Å². The summed E-state index contributed by atoms with van der Waals surface area (Å²) in [7, 11) is 0. The minimum absolute atomic E-state index is 0.403. The second-order valence-electron chi connectivity index (χ2n) is 6.91. The van der Waals surface area contributed by atoms with Crippen molar-refractivity contribution in [3.63, 3.8) is 0 Å². The Morgan fingerprint density at radius 3 is 2.65 bits per heavy atom. The molecule has 0 spiro atoms. The molecular formula is C21H22ClN3O. The summed E-state index contributed by atoms with van der Waals surface area (Å²) in [5, 5.41) is 5.24. The zero-order valence-electron chi connectivity index (χ0n) is 14.5. The molecule has 4 rings (SSSR count). The number of nitrogens with one attached hydrogen (secondary N) is 1. The first kappa shape index (κ1) is 17.1. The van der Waals surface area contributed by atoms with Crippen molar-refractivity contribution in [3.05, 3.63) is 70.4 Å². The molecule has 1 aromatic heterocycles. The molecule has 3 aromatic rings. The van der Waals surface area contributed by atoms with E-state index in [1.54, 1.807) is 0 Å². The molecule has 2 heterocycles. The first-order valence-corrected chi connectivity index (χ1v) is 9.38. The fourth-order valence-corrected chi connectivity index (χ4v) is 4.20. The minimum Gasteiger partial charge on any atom is -0.364 e. The van der Waals surface area contributed by atoms with Crippen LogP contribution in [0.15, 0.2) is 48.5 Å². The number of carbonyl (C=O) groups is 1. The molecule has 134 valence electrons. The summed E-state index contributed by atoms with van der Waals surface area (Å²) in [6.45, 7) is 2.64. The number of halogens is 1. The molecule has 0 saturated carbocycles. The summed E-state index contributed by atoms with van der Waals surface area (Å²) >= 11 is 6.13. The van der Waals surface area contributed by atoms with Gasteiger partial charge in [-0.1, -0.05) is 35.9 Å². The van der Waals surface area contributed by atoms with Gasteiger partial charge in [0.1, 0.15) is 5.69 Å². The highest BCUT2D eigenvalue weighted by molar-refractivity contribution is 6.30. The van der Waals surface area contributed by atoms with Crippen molar-refractivity contribution in [3.8, 4) is 0 Å². The molecule has 1 aliphatic heterocycles.